The third-order valence-corrected chi connectivity index (χ3v) is 4.54. The summed E-state index contributed by atoms with van der Waals surface area (Å²) in [5.41, 5.74) is 3.03. The summed E-state index contributed by atoms with van der Waals surface area (Å²) < 4.78 is 20.2. The first-order valence-corrected chi connectivity index (χ1v) is 7.79. The fourth-order valence-corrected chi connectivity index (χ4v) is 3.35. The number of hydrogen-bond acceptors (Lipinski definition) is 2. The highest BCUT2D eigenvalue weighted by molar-refractivity contribution is 14.1. The van der Waals surface area contributed by atoms with Crippen LogP contribution in [0.15, 0.2) is 46.9 Å². The van der Waals surface area contributed by atoms with E-state index in [9.17, 15) is 4.39 Å². The lowest BCUT2D eigenvalue weighted by atomic mass is 10.0. The molecule has 0 bridgehead atoms. The molecule has 1 unspecified atom stereocenters. The number of furan rings is 1. The van der Waals surface area contributed by atoms with Crippen LogP contribution in [0.25, 0.3) is 11.0 Å². The number of halogens is 2. The number of hydrogen-bond donors (Lipinski definition) is 1. The minimum absolute atomic E-state index is 0.0932. The standard InChI is InChI=1S/C17H15FINO/c1-10-4-3-5-11-8-15(21-17(10)11)16(20-2)13-7-6-12(18)9-14(13)19/h3-9,16,20H,1-2H3. The summed E-state index contributed by atoms with van der Waals surface area (Å²) in [7, 11) is 1.88. The highest BCUT2D eigenvalue weighted by atomic mass is 127. The highest BCUT2D eigenvalue weighted by Gasteiger charge is 2.19. The molecule has 0 saturated carbocycles. The molecule has 2 nitrogen and oxygen atoms in total. The monoisotopic (exact) mass is 395 g/mol. The summed E-state index contributed by atoms with van der Waals surface area (Å²) in [6, 6.07) is 12.9. The van der Waals surface area contributed by atoms with Gasteiger partial charge in [0.15, 0.2) is 0 Å². The van der Waals surface area contributed by atoms with Crippen molar-refractivity contribution in [2.75, 3.05) is 7.05 Å². The van der Waals surface area contributed by atoms with Crippen LogP contribution < -0.4 is 5.32 Å². The van der Waals surface area contributed by atoms with Gasteiger partial charge in [-0.1, -0.05) is 24.3 Å². The molecule has 2 aromatic carbocycles. The molecule has 0 aliphatic rings. The van der Waals surface area contributed by atoms with Crippen LogP contribution in [-0.4, -0.2) is 7.05 Å². The Kier molecular flexibility index (Phi) is 3.99. The second kappa shape index (κ2) is 5.77. The van der Waals surface area contributed by atoms with E-state index in [1.54, 1.807) is 6.07 Å². The maximum atomic E-state index is 13.3. The Morgan fingerprint density at radius 3 is 2.67 bits per heavy atom. The number of fused-ring (bicyclic) bond motifs is 1. The van der Waals surface area contributed by atoms with Gasteiger partial charge >= 0.3 is 0 Å². The Morgan fingerprint density at radius 2 is 2.00 bits per heavy atom. The lowest BCUT2D eigenvalue weighted by molar-refractivity contribution is 0.489. The Balaban J connectivity index is 2.11. The summed E-state index contributed by atoms with van der Waals surface area (Å²) >= 11 is 2.15. The molecule has 0 radical (unpaired) electrons. The first kappa shape index (κ1) is 14.5. The van der Waals surface area contributed by atoms with Gasteiger partial charge in [-0.2, -0.15) is 0 Å². The number of aryl methyl sites for hydroxylation is 1. The molecule has 0 saturated heterocycles. The van der Waals surface area contributed by atoms with E-state index in [2.05, 4.69) is 27.9 Å². The average Bonchev–Trinajstić information content (AvgIpc) is 2.87. The number of benzene rings is 2. The van der Waals surface area contributed by atoms with Crippen molar-refractivity contribution in [2.24, 2.45) is 0 Å². The van der Waals surface area contributed by atoms with Crippen molar-refractivity contribution < 1.29 is 8.81 Å². The number of nitrogens with one attached hydrogen (secondary N) is 1. The van der Waals surface area contributed by atoms with E-state index in [1.165, 1.54) is 12.1 Å². The van der Waals surface area contributed by atoms with Crippen LogP contribution in [0.1, 0.15) is 22.9 Å². The molecule has 108 valence electrons. The van der Waals surface area contributed by atoms with Crippen molar-refractivity contribution in [3.05, 3.63) is 68.7 Å². The quantitative estimate of drug-likeness (QED) is 0.645. The Morgan fingerprint density at radius 1 is 1.19 bits per heavy atom. The zero-order valence-electron chi connectivity index (χ0n) is 11.8. The van der Waals surface area contributed by atoms with Crippen LogP contribution >= 0.6 is 22.6 Å². The molecule has 0 aliphatic heterocycles. The van der Waals surface area contributed by atoms with Crippen LogP contribution in [0.5, 0.6) is 0 Å². The minimum atomic E-state index is -0.224. The molecule has 4 heteroatoms. The van der Waals surface area contributed by atoms with Gasteiger partial charge in [-0.05, 0) is 65.9 Å². The van der Waals surface area contributed by atoms with E-state index in [1.807, 2.05) is 38.2 Å². The van der Waals surface area contributed by atoms with Crippen LogP contribution in [0, 0.1) is 16.3 Å². The van der Waals surface area contributed by atoms with Gasteiger partial charge < -0.3 is 9.73 Å². The molecular weight excluding hydrogens is 380 g/mol. The van der Waals surface area contributed by atoms with Gasteiger partial charge in [0.05, 0.1) is 6.04 Å². The summed E-state index contributed by atoms with van der Waals surface area (Å²) in [6.07, 6.45) is 0. The zero-order chi connectivity index (χ0) is 15.0. The van der Waals surface area contributed by atoms with Crippen molar-refractivity contribution >= 4 is 33.6 Å². The van der Waals surface area contributed by atoms with E-state index < -0.39 is 0 Å². The van der Waals surface area contributed by atoms with Crippen molar-refractivity contribution in [1.29, 1.82) is 0 Å². The predicted molar refractivity (Wildman–Crippen MR) is 91.0 cm³/mol. The normalized spacial score (nSPS) is 12.8. The van der Waals surface area contributed by atoms with Crippen LogP contribution in [0.3, 0.4) is 0 Å². The molecule has 0 spiro atoms. The van der Waals surface area contributed by atoms with Gasteiger partial charge in [-0.3, -0.25) is 0 Å². The molecule has 0 amide bonds. The van der Waals surface area contributed by atoms with E-state index in [-0.39, 0.29) is 11.9 Å². The van der Waals surface area contributed by atoms with Gasteiger partial charge in [-0.15, -0.1) is 0 Å². The van der Waals surface area contributed by atoms with Gasteiger partial charge in [0.1, 0.15) is 17.2 Å². The second-order valence-corrected chi connectivity index (χ2v) is 6.19. The van der Waals surface area contributed by atoms with Crippen LogP contribution in [-0.2, 0) is 0 Å². The van der Waals surface area contributed by atoms with Gasteiger partial charge in [0.25, 0.3) is 0 Å². The minimum Gasteiger partial charge on any atom is -0.459 e. The number of rotatable bonds is 3. The topological polar surface area (TPSA) is 25.2 Å². The molecule has 1 heterocycles. The third kappa shape index (κ3) is 2.70. The van der Waals surface area contributed by atoms with Crippen molar-refractivity contribution in [3.8, 4) is 0 Å². The third-order valence-electron chi connectivity index (χ3n) is 3.61. The Hall–Kier alpha value is -1.40. The molecule has 1 N–H and O–H groups in total. The first-order chi connectivity index (χ1) is 10.1. The largest absolute Gasteiger partial charge is 0.459 e. The molecule has 21 heavy (non-hydrogen) atoms. The van der Waals surface area contributed by atoms with Crippen molar-refractivity contribution in [2.45, 2.75) is 13.0 Å². The average molecular weight is 395 g/mol. The molecule has 3 aromatic rings. The van der Waals surface area contributed by atoms with E-state index in [0.29, 0.717) is 0 Å². The number of para-hydroxylation sites is 1. The molecule has 0 fully saturated rings. The predicted octanol–water partition coefficient (Wildman–Crippen LogP) is 4.79. The van der Waals surface area contributed by atoms with Gasteiger partial charge in [-0.25, -0.2) is 4.39 Å². The summed E-state index contributed by atoms with van der Waals surface area (Å²) in [5.74, 6) is 0.616. The van der Waals surface area contributed by atoms with Crippen molar-refractivity contribution in [1.82, 2.24) is 5.32 Å². The smallest absolute Gasteiger partial charge is 0.137 e. The Labute approximate surface area is 136 Å². The summed E-state index contributed by atoms with van der Waals surface area (Å²) in [6.45, 7) is 2.03. The fourth-order valence-electron chi connectivity index (χ4n) is 2.56. The zero-order valence-corrected chi connectivity index (χ0v) is 13.9. The van der Waals surface area contributed by atoms with E-state index in [0.717, 1.165) is 31.4 Å². The Bertz CT molecular complexity index is 797. The van der Waals surface area contributed by atoms with Crippen molar-refractivity contribution in [3.63, 3.8) is 0 Å². The molecule has 3 rings (SSSR count). The SMILES string of the molecule is CNC(c1cc2cccc(C)c2o1)c1ccc(F)cc1I. The van der Waals surface area contributed by atoms with Crippen LogP contribution in [0.4, 0.5) is 4.39 Å². The fraction of sp³-hybridized carbons (Fsp3) is 0.176. The molecular formula is C17H15FINO. The molecule has 0 aliphatic carbocycles. The highest BCUT2D eigenvalue weighted by Crippen LogP contribution is 2.31. The summed E-state index contributed by atoms with van der Waals surface area (Å²) in [5, 5.41) is 4.34. The second-order valence-electron chi connectivity index (χ2n) is 5.03. The first-order valence-electron chi connectivity index (χ1n) is 6.71. The van der Waals surface area contributed by atoms with Gasteiger partial charge in [0.2, 0.25) is 0 Å². The molecule has 1 atom stereocenters. The summed E-state index contributed by atoms with van der Waals surface area (Å²) in [4.78, 5) is 0. The lowest BCUT2D eigenvalue weighted by Gasteiger charge is -2.15. The van der Waals surface area contributed by atoms with Crippen LogP contribution in [0.2, 0.25) is 0 Å². The van der Waals surface area contributed by atoms with Gasteiger partial charge in [0, 0.05) is 8.96 Å². The molecule has 1 aromatic heterocycles. The maximum Gasteiger partial charge on any atom is 0.137 e. The van der Waals surface area contributed by atoms with E-state index in [4.69, 9.17) is 4.42 Å². The maximum absolute atomic E-state index is 13.3. The van der Waals surface area contributed by atoms with E-state index >= 15 is 0 Å². The lowest BCUT2D eigenvalue weighted by Crippen LogP contribution is -2.18.